The molecule has 0 amide bonds. The Balaban J connectivity index is 2.46. The molecule has 1 rings (SSSR count). The van der Waals surface area contributed by atoms with Gasteiger partial charge in [-0.15, -0.1) is 0 Å². The molecule has 0 unspecified atom stereocenters. The van der Waals surface area contributed by atoms with E-state index in [1.165, 1.54) is 18.9 Å². The minimum atomic E-state index is -0.271. The van der Waals surface area contributed by atoms with Gasteiger partial charge in [-0.25, -0.2) is 9.97 Å². The predicted octanol–water partition coefficient (Wildman–Crippen LogP) is 1.35. The zero-order valence-corrected chi connectivity index (χ0v) is 9.83. The van der Waals surface area contributed by atoms with E-state index in [9.17, 15) is 4.79 Å². The number of rotatable bonds is 3. The number of thioether (sulfide) groups is 1. The average Bonchev–Trinajstić information content (AvgIpc) is 2.16. The molecular formula is C7H7IN2O2S. The molecule has 0 aliphatic carbocycles. The largest absolute Gasteiger partial charge is 0.468 e. The molecule has 70 valence electrons. The minimum Gasteiger partial charge on any atom is -0.468 e. The zero-order chi connectivity index (χ0) is 9.68. The van der Waals surface area contributed by atoms with Gasteiger partial charge in [-0.05, 0) is 22.6 Å². The fourth-order valence-electron chi connectivity index (χ4n) is 0.557. The van der Waals surface area contributed by atoms with E-state index in [1.54, 1.807) is 12.4 Å². The molecule has 0 radical (unpaired) electrons. The molecule has 0 saturated carbocycles. The third-order valence-corrected chi connectivity index (χ3v) is 2.55. The second kappa shape index (κ2) is 5.38. The fourth-order valence-corrected chi connectivity index (χ4v) is 1.46. The van der Waals surface area contributed by atoms with E-state index in [-0.39, 0.29) is 11.7 Å². The molecule has 0 saturated heterocycles. The molecule has 1 aromatic rings. The first-order valence-electron chi connectivity index (χ1n) is 3.39. The number of methoxy groups -OCH3 is 1. The van der Waals surface area contributed by atoms with Gasteiger partial charge in [-0.2, -0.15) is 0 Å². The van der Waals surface area contributed by atoms with Crippen molar-refractivity contribution >= 4 is 40.3 Å². The highest BCUT2D eigenvalue weighted by molar-refractivity contribution is 14.1. The summed E-state index contributed by atoms with van der Waals surface area (Å²) in [4.78, 5) is 18.8. The van der Waals surface area contributed by atoms with Gasteiger partial charge in [0, 0.05) is 16.0 Å². The second-order valence-electron chi connectivity index (χ2n) is 2.05. The van der Waals surface area contributed by atoms with Crippen molar-refractivity contribution < 1.29 is 9.53 Å². The number of carbonyl (C=O) groups is 1. The molecule has 0 N–H and O–H groups in total. The van der Waals surface area contributed by atoms with E-state index in [4.69, 9.17) is 0 Å². The van der Waals surface area contributed by atoms with Crippen LogP contribution in [-0.2, 0) is 9.53 Å². The van der Waals surface area contributed by atoms with Crippen LogP contribution in [0.15, 0.2) is 17.6 Å². The lowest BCUT2D eigenvalue weighted by molar-refractivity contribution is -0.137. The molecule has 0 aliphatic heterocycles. The van der Waals surface area contributed by atoms with E-state index in [0.29, 0.717) is 5.16 Å². The van der Waals surface area contributed by atoms with E-state index in [2.05, 4.69) is 37.3 Å². The lowest BCUT2D eigenvalue weighted by Gasteiger charge is -1.97. The molecule has 6 heteroatoms. The van der Waals surface area contributed by atoms with Gasteiger partial charge in [0.05, 0.1) is 12.9 Å². The summed E-state index contributed by atoms with van der Waals surface area (Å²) in [7, 11) is 1.36. The van der Waals surface area contributed by atoms with Gasteiger partial charge in [0.25, 0.3) is 0 Å². The summed E-state index contributed by atoms with van der Waals surface area (Å²) in [6.45, 7) is 0. The lowest BCUT2D eigenvalue weighted by Crippen LogP contribution is -2.03. The molecule has 1 aromatic heterocycles. The number of nitrogens with zero attached hydrogens (tertiary/aromatic N) is 2. The van der Waals surface area contributed by atoms with Crippen molar-refractivity contribution in [2.45, 2.75) is 5.16 Å². The Morgan fingerprint density at radius 1 is 1.62 bits per heavy atom. The predicted molar refractivity (Wildman–Crippen MR) is 57.5 cm³/mol. The Kier molecular flexibility index (Phi) is 4.43. The summed E-state index contributed by atoms with van der Waals surface area (Å²) in [6, 6.07) is 0. The normalized spacial score (nSPS) is 9.69. The van der Waals surface area contributed by atoms with Crippen LogP contribution in [0.4, 0.5) is 0 Å². The number of aromatic nitrogens is 2. The van der Waals surface area contributed by atoms with Crippen LogP contribution in [0.3, 0.4) is 0 Å². The maximum atomic E-state index is 10.8. The SMILES string of the molecule is COC(=O)CSc1ncc(I)cn1. The molecule has 1 heterocycles. The van der Waals surface area contributed by atoms with Crippen LogP contribution < -0.4 is 0 Å². The Hall–Kier alpha value is -0.370. The van der Waals surface area contributed by atoms with Crippen molar-refractivity contribution in [2.24, 2.45) is 0 Å². The molecule has 0 aliphatic rings. The Morgan fingerprint density at radius 2 is 2.23 bits per heavy atom. The van der Waals surface area contributed by atoms with Gasteiger partial charge in [0.1, 0.15) is 0 Å². The van der Waals surface area contributed by atoms with Gasteiger partial charge in [0.2, 0.25) is 0 Å². The summed E-state index contributed by atoms with van der Waals surface area (Å²) in [5.74, 6) is -0.0240. The molecule has 4 nitrogen and oxygen atoms in total. The summed E-state index contributed by atoms with van der Waals surface area (Å²) in [5, 5.41) is 0.589. The van der Waals surface area contributed by atoms with Crippen molar-refractivity contribution in [3.05, 3.63) is 16.0 Å². The Labute approximate surface area is 93.6 Å². The van der Waals surface area contributed by atoms with Crippen molar-refractivity contribution in [2.75, 3.05) is 12.9 Å². The van der Waals surface area contributed by atoms with Crippen molar-refractivity contribution in [3.63, 3.8) is 0 Å². The highest BCUT2D eigenvalue weighted by Gasteiger charge is 2.03. The molecule has 0 spiro atoms. The summed E-state index contributed by atoms with van der Waals surface area (Å²) < 4.78 is 5.45. The quantitative estimate of drug-likeness (QED) is 0.365. The minimum absolute atomic E-state index is 0.247. The maximum Gasteiger partial charge on any atom is 0.316 e. The lowest BCUT2D eigenvalue weighted by atomic mass is 10.7. The smallest absolute Gasteiger partial charge is 0.316 e. The molecule has 0 bridgehead atoms. The van der Waals surface area contributed by atoms with Gasteiger partial charge in [0.15, 0.2) is 5.16 Å². The fraction of sp³-hybridized carbons (Fsp3) is 0.286. The summed E-state index contributed by atoms with van der Waals surface area (Å²) in [6.07, 6.45) is 3.40. The number of halogens is 1. The van der Waals surface area contributed by atoms with E-state index < -0.39 is 0 Å². The first-order chi connectivity index (χ1) is 6.22. The van der Waals surface area contributed by atoms with Crippen LogP contribution in [0.25, 0.3) is 0 Å². The molecule has 13 heavy (non-hydrogen) atoms. The van der Waals surface area contributed by atoms with Crippen molar-refractivity contribution in [1.29, 1.82) is 0 Å². The first-order valence-corrected chi connectivity index (χ1v) is 5.46. The number of hydrogen-bond donors (Lipinski definition) is 0. The standard InChI is InChI=1S/C7H7IN2O2S/c1-12-6(11)4-13-7-9-2-5(8)3-10-7/h2-3H,4H2,1H3. The Morgan fingerprint density at radius 3 is 2.77 bits per heavy atom. The number of carbonyl (C=O) groups excluding carboxylic acids is 1. The highest BCUT2D eigenvalue weighted by atomic mass is 127. The topological polar surface area (TPSA) is 52.1 Å². The monoisotopic (exact) mass is 310 g/mol. The molecule has 0 aromatic carbocycles. The summed E-state index contributed by atoms with van der Waals surface area (Å²) >= 11 is 3.38. The molecule has 0 atom stereocenters. The average molecular weight is 310 g/mol. The number of esters is 1. The van der Waals surface area contributed by atoms with Crippen LogP contribution in [0, 0.1) is 3.57 Å². The third-order valence-electron chi connectivity index (χ3n) is 1.14. The van der Waals surface area contributed by atoms with E-state index in [0.717, 1.165) is 3.57 Å². The van der Waals surface area contributed by atoms with Crippen LogP contribution in [0.1, 0.15) is 0 Å². The van der Waals surface area contributed by atoms with Gasteiger partial charge in [-0.1, -0.05) is 11.8 Å². The highest BCUT2D eigenvalue weighted by Crippen LogP contribution is 2.12. The van der Waals surface area contributed by atoms with Crippen LogP contribution in [-0.4, -0.2) is 28.8 Å². The Bertz CT molecular complexity index is 291. The van der Waals surface area contributed by atoms with Crippen molar-refractivity contribution in [3.8, 4) is 0 Å². The van der Waals surface area contributed by atoms with Crippen LogP contribution >= 0.6 is 34.4 Å². The third kappa shape index (κ3) is 3.90. The van der Waals surface area contributed by atoms with Crippen LogP contribution in [0.5, 0.6) is 0 Å². The van der Waals surface area contributed by atoms with Gasteiger partial charge >= 0.3 is 5.97 Å². The van der Waals surface area contributed by atoms with Crippen LogP contribution in [0.2, 0.25) is 0 Å². The summed E-state index contributed by atoms with van der Waals surface area (Å²) in [5.41, 5.74) is 0. The molecule has 0 fully saturated rings. The zero-order valence-electron chi connectivity index (χ0n) is 6.86. The van der Waals surface area contributed by atoms with E-state index in [1.807, 2.05) is 0 Å². The number of hydrogen-bond acceptors (Lipinski definition) is 5. The van der Waals surface area contributed by atoms with Gasteiger partial charge in [-0.3, -0.25) is 4.79 Å². The molecular weight excluding hydrogens is 303 g/mol. The van der Waals surface area contributed by atoms with Crippen molar-refractivity contribution in [1.82, 2.24) is 9.97 Å². The number of ether oxygens (including phenoxy) is 1. The van der Waals surface area contributed by atoms with Gasteiger partial charge < -0.3 is 4.74 Å². The second-order valence-corrected chi connectivity index (χ2v) is 4.24. The van der Waals surface area contributed by atoms with E-state index >= 15 is 0 Å². The maximum absolute atomic E-state index is 10.8. The first kappa shape index (κ1) is 10.7.